The Hall–Kier alpha value is -3.30. The molecule has 0 saturated carbocycles. The van der Waals surface area contributed by atoms with Gasteiger partial charge >= 0.3 is 6.03 Å². The van der Waals surface area contributed by atoms with E-state index in [2.05, 4.69) is 17.1 Å². The molecule has 0 aliphatic carbocycles. The fraction of sp³-hybridized carbons (Fsp3) is 0.500. The van der Waals surface area contributed by atoms with Gasteiger partial charge in [-0.2, -0.15) is 0 Å². The lowest BCUT2D eigenvalue weighted by Crippen LogP contribution is -2.74. The van der Waals surface area contributed by atoms with E-state index in [0.29, 0.717) is 57.7 Å². The molecular weight excluding hydrogens is 468 g/mol. The number of pyridine rings is 1. The predicted octanol–water partition coefficient (Wildman–Crippen LogP) is 2.96. The Morgan fingerprint density at radius 3 is 2.41 bits per heavy atom. The molecule has 9 heteroatoms. The zero-order valence-electron chi connectivity index (χ0n) is 22.1. The minimum atomic E-state index is -1.04. The smallest absolute Gasteiger partial charge is 0.328 e. The third kappa shape index (κ3) is 5.10. The molecule has 0 spiro atoms. The van der Waals surface area contributed by atoms with Gasteiger partial charge in [-0.05, 0) is 37.0 Å². The van der Waals surface area contributed by atoms with Gasteiger partial charge in [-0.3, -0.25) is 24.6 Å². The number of carbonyl (C=O) groups is 2. The number of hydrogen-bond acceptors (Lipinski definition) is 7. The summed E-state index contributed by atoms with van der Waals surface area (Å²) in [6.07, 6.45) is 3.98. The number of aromatic nitrogens is 1. The molecule has 4 rings (SSSR count). The van der Waals surface area contributed by atoms with Gasteiger partial charge in [-0.1, -0.05) is 57.2 Å². The van der Waals surface area contributed by atoms with Crippen molar-refractivity contribution in [2.75, 3.05) is 32.8 Å². The van der Waals surface area contributed by atoms with Gasteiger partial charge in [0.2, 0.25) is 0 Å². The number of likely N-dealkylation sites (N-methyl/N-ethyl adjacent to an activating group) is 1. The molecule has 2 aromatic rings. The molecule has 198 valence electrons. The van der Waals surface area contributed by atoms with Crippen LogP contribution in [0.3, 0.4) is 0 Å². The minimum Gasteiger partial charge on any atom is -0.395 e. The molecule has 1 saturated heterocycles. The maximum atomic E-state index is 14.1. The number of urea groups is 1. The molecule has 1 N–H and O–H groups in total. The van der Waals surface area contributed by atoms with Crippen LogP contribution in [0.1, 0.15) is 44.9 Å². The molecule has 2 atom stereocenters. The van der Waals surface area contributed by atoms with Crippen molar-refractivity contribution in [1.29, 1.82) is 0 Å². The number of imide groups is 1. The molecule has 9 nitrogen and oxygen atoms in total. The molecule has 1 aromatic heterocycles. The highest BCUT2D eigenvalue weighted by Gasteiger charge is 2.62. The quantitative estimate of drug-likeness (QED) is 0.476. The fourth-order valence-electron chi connectivity index (χ4n) is 5.46. The standard InChI is InChI=1S/C28H38N6O3/c1-4-17-32-26(36)25-28(5-2,33(27(32)37)18-15-22-12-8-7-9-13-22)30-24(21-23-14-10-11-16-29-23)34(25)31(6-3)19-20-35/h7-14,16,25,35H,4-6,15,17-21H2,1-3H3. The number of rotatable bonds is 12. The van der Waals surface area contributed by atoms with Crippen molar-refractivity contribution < 1.29 is 14.7 Å². The van der Waals surface area contributed by atoms with Crippen LogP contribution >= 0.6 is 0 Å². The van der Waals surface area contributed by atoms with Gasteiger partial charge < -0.3 is 5.11 Å². The highest BCUT2D eigenvalue weighted by Crippen LogP contribution is 2.41. The molecule has 3 amide bonds. The van der Waals surface area contributed by atoms with Gasteiger partial charge in [0.1, 0.15) is 5.84 Å². The van der Waals surface area contributed by atoms with E-state index in [4.69, 9.17) is 4.99 Å². The Morgan fingerprint density at radius 1 is 1.03 bits per heavy atom. The lowest BCUT2D eigenvalue weighted by atomic mass is 9.91. The first-order valence-electron chi connectivity index (χ1n) is 13.3. The Morgan fingerprint density at radius 2 is 1.78 bits per heavy atom. The Balaban J connectivity index is 1.81. The van der Waals surface area contributed by atoms with Crippen molar-refractivity contribution >= 4 is 17.8 Å². The van der Waals surface area contributed by atoms with Crippen molar-refractivity contribution in [1.82, 2.24) is 24.8 Å². The van der Waals surface area contributed by atoms with Crippen LogP contribution in [0.15, 0.2) is 59.7 Å². The molecule has 2 aliphatic heterocycles. The van der Waals surface area contributed by atoms with Gasteiger partial charge in [-0.15, -0.1) is 0 Å². The topological polar surface area (TPSA) is 92.6 Å². The van der Waals surface area contributed by atoms with Crippen LogP contribution in [0.25, 0.3) is 0 Å². The molecule has 1 fully saturated rings. The first-order chi connectivity index (χ1) is 18.0. The average Bonchev–Trinajstić information content (AvgIpc) is 3.25. The number of fused-ring (bicyclic) bond motifs is 1. The zero-order valence-corrected chi connectivity index (χ0v) is 22.1. The van der Waals surface area contributed by atoms with Gasteiger partial charge in [0, 0.05) is 44.5 Å². The SMILES string of the molecule is CCCN1C(=O)C2N(N(CC)CCO)C(Cc3ccccn3)=NC2(CC)N(CCc2ccccc2)C1=O. The number of aliphatic hydroxyl groups excluding tert-OH is 1. The predicted molar refractivity (Wildman–Crippen MR) is 143 cm³/mol. The van der Waals surface area contributed by atoms with E-state index in [1.807, 2.05) is 72.1 Å². The number of hydrogen-bond donors (Lipinski definition) is 1. The van der Waals surface area contributed by atoms with E-state index in [1.54, 1.807) is 6.20 Å². The van der Waals surface area contributed by atoms with Gasteiger partial charge in [-0.25, -0.2) is 14.8 Å². The molecule has 3 heterocycles. The summed E-state index contributed by atoms with van der Waals surface area (Å²) in [5, 5.41) is 13.8. The Kier molecular flexibility index (Phi) is 8.56. The van der Waals surface area contributed by atoms with E-state index < -0.39 is 11.7 Å². The second-order valence-electron chi connectivity index (χ2n) is 9.43. The summed E-state index contributed by atoms with van der Waals surface area (Å²) in [5.74, 6) is 0.450. The van der Waals surface area contributed by atoms with Crippen LogP contribution in [-0.2, 0) is 17.6 Å². The Bertz CT molecular complexity index is 1100. The summed E-state index contributed by atoms with van der Waals surface area (Å²) in [6.45, 7) is 7.63. The van der Waals surface area contributed by atoms with E-state index in [0.717, 1.165) is 11.3 Å². The highest BCUT2D eigenvalue weighted by atomic mass is 16.3. The minimum absolute atomic E-state index is 0.0590. The summed E-state index contributed by atoms with van der Waals surface area (Å²) in [5.41, 5.74) is 0.913. The number of aliphatic imine (C=N–C) groups is 1. The lowest BCUT2D eigenvalue weighted by Gasteiger charge is -2.51. The lowest BCUT2D eigenvalue weighted by molar-refractivity contribution is -0.151. The number of aliphatic hydroxyl groups is 1. The Labute approximate surface area is 219 Å². The van der Waals surface area contributed by atoms with Gasteiger partial charge in [0.05, 0.1) is 6.61 Å². The molecule has 2 unspecified atom stereocenters. The van der Waals surface area contributed by atoms with E-state index in [1.165, 1.54) is 4.90 Å². The monoisotopic (exact) mass is 506 g/mol. The first-order valence-corrected chi connectivity index (χ1v) is 13.3. The second kappa shape index (κ2) is 11.8. The van der Waals surface area contributed by atoms with E-state index in [9.17, 15) is 14.7 Å². The molecule has 1 aromatic carbocycles. The largest absolute Gasteiger partial charge is 0.395 e. The van der Waals surface area contributed by atoms with Crippen LogP contribution in [0.5, 0.6) is 0 Å². The average molecular weight is 507 g/mol. The van der Waals surface area contributed by atoms with Crippen molar-refractivity contribution in [3.05, 3.63) is 66.0 Å². The van der Waals surface area contributed by atoms with E-state index in [-0.39, 0.29) is 18.5 Å². The summed E-state index contributed by atoms with van der Waals surface area (Å²) < 4.78 is 0. The number of amides is 3. The van der Waals surface area contributed by atoms with Crippen LogP contribution in [-0.4, -0.2) is 92.2 Å². The number of benzene rings is 1. The van der Waals surface area contributed by atoms with Crippen molar-refractivity contribution in [3.63, 3.8) is 0 Å². The van der Waals surface area contributed by atoms with Crippen LogP contribution < -0.4 is 0 Å². The van der Waals surface area contributed by atoms with Gasteiger partial charge in [0.15, 0.2) is 11.7 Å². The third-order valence-electron chi connectivity index (χ3n) is 7.23. The van der Waals surface area contributed by atoms with Crippen molar-refractivity contribution in [2.45, 2.75) is 58.2 Å². The number of hydrazine groups is 1. The molecule has 2 aliphatic rings. The second-order valence-corrected chi connectivity index (χ2v) is 9.43. The summed E-state index contributed by atoms with van der Waals surface area (Å²) >= 11 is 0. The first kappa shape index (κ1) is 26.8. The fourth-order valence-corrected chi connectivity index (χ4v) is 5.46. The third-order valence-corrected chi connectivity index (χ3v) is 7.23. The van der Waals surface area contributed by atoms with Gasteiger partial charge in [0.25, 0.3) is 5.91 Å². The van der Waals surface area contributed by atoms with Crippen LogP contribution in [0.4, 0.5) is 4.79 Å². The maximum Gasteiger partial charge on any atom is 0.328 e. The van der Waals surface area contributed by atoms with Crippen molar-refractivity contribution in [2.24, 2.45) is 4.99 Å². The summed E-state index contributed by atoms with van der Waals surface area (Å²) in [4.78, 5) is 40.9. The zero-order chi connectivity index (χ0) is 26.4. The normalized spacial score (nSPS) is 21.6. The number of nitrogens with zero attached hydrogens (tertiary/aromatic N) is 6. The summed E-state index contributed by atoms with van der Waals surface area (Å²) in [6, 6.07) is 14.8. The number of carbonyl (C=O) groups excluding carboxylic acids is 2. The summed E-state index contributed by atoms with van der Waals surface area (Å²) in [7, 11) is 0. The molecule has 0 bridgehead atoms. The molecule has 37 heavy (non-hydrogen) atoms. The van der Waals surface area contributed by atoms with E-state index >= 15 is 0 Å². The highest BCUT2D eigenvalue weighted by molar-refractivity contribution is 6.05. The maximum absolute atomic E-state index is 14.1. The van der Waals surface area contributed by atoms with Crippen LogP contribution in [0, 0.1) is 0 Å². The molecular formula is C28H38N6O3. The molecule has 0 radical (unpaired) electrons. The number of amidine groups is 1. The van der Waals surface area contributed by atoms with Crippen LogP contribution in [0.2, 0.25) is 0 Å². The van der Waals surface area contributed by atoms with Crippen molar-refractivity contribution in [3.8, 4) is 0 Å².